The lowest BCUT2D eigenvalue weighted by Gasteiger charge is -2.09. The number of carboxylic acids is 1. The quantitative estimate of drug-likeness (QED) is 0.273. The Labute approximate surface area is 129 Å². The van der Waals surface area contributed by atoms with Crippen molar-refractivity contribution in [2.75, 3.05) is 0 Å². The van der Waals surface area contributed by atoms with Crippen LogP contribution < -0.4 is 0 Å². The summed E-state index contributed by atoms with van der Waals surface area (Å²) in [6, 6.07) is 0. The van der Waals surface area contributed by atoms with Gasteiger partial charge in [-0.2, -0.15) is 0 Å². The van der Waals surface area contributed by atoms with Crippen molar-refractivity contribution in [2.24, 2.45) is 0 Å². The standard InChI is InChI=1S/C18H32O3/c1-2-3-4-5-6-8-11-14-17(19)15-12-9-7-10-13-16-18(20)21/h7,10,13,16-17,19H,2-6,8-9,11-12,14-15H2,1H3,(H,20,21)/b10-7+,16-13-. The lowest BCUT2D eigenvalue weighted by atomic mass is 10.0. The highest BCUT2D eigenvalue weighted by Gasteiger charge is 2.02. The summed E-state index contributed by atoms with van der Waals surface area (Å²) in [5.41, 5.74) is 0. The smallest absolute Gasteiger partial charge is 0.328 e. The van der Waals surface area contributed by atoms with Crippen molar-refractivity contribution in [3.8, 4) is 0 Å². The van der Waals surface area contributed by atoms with Gasteiger partial charge in [-0.15, -0.1) is 0 Å². The van der Waals surface area contributed by atoms with E-state index < -0.39 is 5.97 Å². The van der Waals surface area contributed by atoms with Gasteiger partial charge in [0, 0.05) is 6.08 Å². The number of hydrogen-bond donors (Lipinski definition) is 2. The van der Waals surface area contributed by atoms with Crippen LogP contribution in [0.1, 0.15) is 77.6 Å². The maximum absolute atomic E-state index is 10.2. The van der Waals surface area contributed by atoms with E-state index in [-0.39, 0.29) is 6.10 Å². The molecule has 0 aromatic rings. The molecule has 0 aliphatic heterocycles. The van der Waals surface area contributed by atoms with Crippen LogP contribution in [0.3, 0.4) is 0 Å². The second kappa shape index (κ2) is 15.3. The first-order valence-electron chi connectivity index (χ1n) is 8.41. The van der Waals surface area contributed by atoms with E-state index in [0.717, 1.165) is 38.2 Å². The lowest BCUT2D eigenvalue weighted by Crippen LogP contribution is -2.05. The molecule has 0 bridgehead atoms. The molecule has 0 amide bonds. The van der Waals surface area contributed by atoms with Crippen LogP contribution in [0.4, 0.5) is 0 Å². The fourth-order valence-corrected chi connectivity index (χ4v) is 2.27. The van der Waals surface area contributed by atoms with E-state index in [0.29, 0.717) is 0 Å². The summed E-state index contributed by atoms with van der Waals surface area (Å²) >= 11 is 0. The van der Waals surface area contributed by atoms with Crippen LogP contribution in [0, 0.1) is 0 Å². The summed E-state index contributed by atoms with van der Waals surface area (Å²) in [5.74, 6) is -0.926. The maximum Gasteiger partial charge on any atom is 0.328 e. The van der Waals surface area contributed by atoms with E-state index in [2.05, 4.69) is 6.92 Å². The van der Waals surface area contributed by atoms with Gasteiger partial charge in [-0.05, 0) is 25.7 Å². The van der Waals surface area contributed by atoms with Crippen molar-refractivity contribution in [1.82, 2.24) is 0 Å². The van der Waals surface area contributed by atoms with Crippen LogP contribution in [-0.2, 0) is 4.79 Å². The topological polar surface area (TPSA) is 57.5 Å². The highest BCUT2D eigenvalue weighted by atomic mass is 16.4. The molecule has 3 nitrogen and oxygen atoms in total. The van der Waals surface area contributed by atoms with Crippen LogP contribution in [-0.4, -0.2) is 22.3 Å². The largest absolute Gasteiger partial charge is 0.478 e. The fraction of sp³-hybridized carbons (Fsp3) is 0.722. The molecule has 0 aromatic carbocycles. The highest BCUT2D eigenvalue weighted by molar-refractivity contribution is 5.80. The predicted molar refractivity (Wildman–Crippen MR) is 88.4 cm³/mol. The van der Waals surface area contributed by atoms with Crippen molar-refractivity contribution in [1.29, 1.82) is 0 Å². The van der Waals surface area contributed by atoms with E-state index in [1.54, 1.807) is 6.08 Å². The van der Waals surface area contributed by atoms with E-state index in [1.807, 2.05) is 6.08 Å². The Morgan fingerprint density at radius 1 is 0.952 bits per heavy atom. The molecule has 1 atom stereocenters. The Morgan fingerprint density at radius 2 is 1.57 bits per heavy atom. The first kappa shape index (κ1) is 19.9. The minimum atomic E-state index is -0.926. The van der Waals surface area contributed by atoms with Crippen molar-refractivity contribution in [2.45, 2.75) is 83.7 Å². The van der Waals surface area contributed by atoms with Crippen molar-refractivity contribution < 1.29 is 15.0 Å². The zero-order chi connectivity index (χ0) is 15.8. The normalized spacial score (nSPS) is 13.2. The second-order valence-electron chi connectivity index (χ2n) is 5.62. The number of carbonyl (C=O) groups is 1. The number of hydrogen-bond acceptors (Lipinski definition) is 2. The number of unbranched alkanes of at least 4 members (excludes halogenated alkanes) is 7. The zero-order valence-electron chi connectivity index (χ0n) is 13.5. The van der Waals surface area contributed by atoms with Crippen LogP contribution in [0.15, 0.2) is 24.3 Å². The fourth-order valence-electron chi connectivity index (χ4n) is 2.27. The van der Waals surface area contributed by atoms with Gasteiger partial charge in [0.2, 0.25) is 0 Å². The predicted octanol–water partition coefficient (Wildman–Crippen LogP) is 4.86. The highest BCUT2D eigenvalue weighted by Crippen LogP contribution is 2.12. The van der Waals surface area contributed by atoms with Crippen molar-refractivity contribution >= 4 is 5.97 Å². The molecule has 0 aliphatic carbocycles. The molecule has 0 aromatic heterocycles. The number of rotatable bonds is 14. The lowest BCUT2D eigenvalue weighted by molar-refractivity contribution is -0.131. The third-order valence-corrected chi connectivity index (χ3v) is 3.54. The van der Waals surface area contributed by atoms with Crippen LogP contribution in [0.25, 0.3) is 0 Å². The van der Waals surface area contributed by atoms with Gasteiger partial charge < -0.3 is 10.2 Å². The monoisotopic (exact) mass is 296 g/mol. The van der Waals surface area contributed by atoms with Crippen LogP contribution >= 0.6 is 0 Å². The van der Waals surface area contributed by atoms with Gasteiger partial charge in [0.15, 0.2) is 0 Å². The Hall–Kier alpha value is -1.09. The number of carboxylic acid groups (broad SMARTS) is 1. The Bertz CT molecular complexity index is 295. The van der Waals surface area contributed by atoms with Gasteiger partial charge in [0.25, 0.3) is 0 Å². The first-order chi connectivity index (χ1) is 10.2. The third kappa shape index (κ3) is 16.9. The Balaban J connectivity index is 3.34. The van der Waals surface area contributed by atoms with E-state index in [9.17, 15) is 9.90 Å². The first-order valence-corrected chi connectivity index (χ1v) is 8.41. The molecule has 0 aliphatic rings. The molecule has 0 saturated carbocycles. The number of aliphatic hydroxyl groups is 1. The van der Waals surface area contributed by atoms with E-state index in [1.165, 1.54) is 44.6 Å². The SMILES string of the molecule is CCCCCCCCCC(O)CCC/C=C/C=C\C(=O)O. The third-order valence-electron chi connectivity index (χ3n) is 3.54. The molecule has 0 rings (SSSR count). The van der Waals surface area contributed by atoms with Crippen molar-refractivity contribution in [3.05, 3.63) is 24.3 Å². The molecule has 122 valence electrons. The summed E-state index contributed by atoms with van der Waals surface area (Å²) in [7, 11) is 0. The van der Waals surface area contributed by atoms with Gasteiger partial charge >= 0.3 is 5.97 Å². The molecule has 2 N–H and O–H groups in total. The van der Waals surface area contributed by atoms with E-state index in [4.69, 9.17) is 5.11 Å². The minimum absolute atomic E-state index is 0.177. The van der Waals surface area contributed by atoms with Crippen LogP contribution in [0.2, 0.25) is 0 Å². The molecule has 0 heterocycles. The average Bonchev–Trinajstić information content (AvgIpc) is 2.45. The van der Waals surface area contributed by atoms with Gasteiger partial charge in [-0.25, -0.2) is 4.79 Å². The average molecular weight is 296 g/mol. The second-order valence-corrected chi connectivity index (χ2v) is 5.62. The zero-order valence-corrected chi connectivity index (χ0v) is 13.5. The molecule has 0 saturated heterocycles. The summed E-state index contributed by atoms with van der Waals surface area (Å²) in [5, 5.41) is 18.2. The number of allylic oxidation sites excluding steroid dienone is 3. The summed E-state index contributed by atoms with van der Waals surface area (Å²) in [6.45, 7) is 2.23. The molecule has 0 radical (unpaired) electrons. The molecule has 3 heteroatoms. The summed E-state index contributed by atoms with van der Waals surface area (Å²) in [4.78, 5) is 10.2. The Kier molecular flexibility index (Phi) is 14.5. The molecular weight excluding hydrogens is 264 g/mol. The van der Waals surface area contributed by atoms with Crippen molar-refractivity contribution in [3.63, 3.8) is 0 Å². The maximum atomic E-state index is 10.2. The summed E-state index contributed by atoms with van der Waals surface area (Å²) < 4.78 is 0. The molecular formula is C18H32O3. The van der Waals surface area contributed by atoms with Gasteiger partial charge in [-0.3, -0.25) is 0 Å². The van der Waals surface area contributed by atoms with E-state index >= 15 is 0 Å². The molecule has 21 heavy (non-hydrogen) atoms. The molecule has 0 spiro atoms. The molecule has 1 unspecified atom stereocenters. The van der Waals surface area contributed by atoms with Gasteiger partial charge in [0.05, 0.1) is 6.10 Å². The minimum Gasteiger partial charge on any atom is -0.478 e. The molecule has 0 fully saturated rings. The number of aliphatic carboxylic acids is 1. The number of aliphatic hydroxyl groups excluding tert-OH is 1. The summed E-state index contributed by atoms with van der Waals surface area (Å²) in [6.07, 6.45) is 18.7. The van der Waals surface area contributed by atoms with Crippen LogP contribution in [0.5, 0.6) is 0 Å². The Morgan fingerprint density at radius 3 is 2.24 bits per heavy atom. The van der Waals surface area contributed by atoms with Gasteiger partial charge in [0.1, 0.15) is 0 Å². The van der Waals surface area contributed by atoms with Gasteiger partial charge in [-0.1, -0.05) is 70.1 Å².